The largest absolute Gasteiger partial charge is 0.484 e. The summed E-state index contributed by atoms with van der Waals surface area (Å²) in [7, 11) is 0. The van der Waals surface area contributed by atoms with Crippen molar-refractivity contribution in [2.24, 2.45) is 0 Å². The van der Waals surface area contributed by atoms with E-state index in [9.17, 15) is 9.18 Å². The molecule has 136 valence electrons. The minimum absolute atomic E-state index is 0.0402. The number of benzene rings is 1. The third-order valence-corrected chi connectivity index (χ3v) is 4.80. The van der Waals surface area contributed by atoms with Crippen molar-refractivity contribution in [1.29, 1.82) is 0 Å². The summed E-state index contributed by atoms with van der Waals surface area (Å²) in [5.74, 6) is 1.57. The van der Waals surface area contributed by atoms with E-state index in [0.717, 1.165) is 24.6 Å². The maximum Gasteiger partial charge on any atom is 0.260 e. The average molecular weight is 356 g/mol. The lowest BCUT2D eigenvalue weighted by Gasteiger charge is -2.35. The monoisotopic (exact) mass is 356 g/mol. The number of rotatable bonds is 5. The highest BCUT2D eigenvalue weighted by atomic mass is 19.1. The van der Waals surface area contributed by atoms with Crippen molar-refractivity contribution in [3.63, 3.8) is 0 Å². The lowest BCUT2D eigenvalue weighted by molar-refractivity contribution is -0.133. The first-order chi connectivity index (χ1) is 12.7. The number of aromatic nitrogens is 2. The minimum Gasteiger partial charge on any atom is -0.484 e. The zero-order chi connectivity index (χ0) is 17.9. The van der Waals surface area contributed by atoms with Crippen molar-refractivity contribution >= 4 is 11.7 Å². The SMILES string of the molecule is O=C(COc1ccc(F)cc1)N1CCN(c2ccc(C3CC3)nn2)CC1. The maximum absolute atomic E-state index is 12.9. The van der Waals surface area contributed by atoms with Gasteiger partial charge in [-0.05, 0) is 49.2 Å². The van der Waals surface area contributed by atoms with Gasteiger partial charge >= 0.3 is 0 Å². The Hall–Kier alpha value is -2.70. The Balaban J connectivity index is 1.25. The maximum atomic E-state index is 12.9. The average Bonchev–Trinajstić information content (AvgIpc) is 3.53. The molecule has 1 aromatic heterocycles. The van der Waals surface area contributed by atoms with E-state index in [1.165, 1.54) is 37.1 Å². The number of anilines is 1. The number of hydrogen-bond acceptors (Lipinski definition) is 5. The van der Waals surface area contributed by atoms with Crippen molar-refractivity contribution in [3.8, 4) is 5.75 Å². The highest BCUT2D eigenvalue weighted by molar-refractivity contribution is 5.78. The van der Waals surface area contributed by atoms with Crippen LogP contribution in [-0.2, 0) is 4.79 Å². The molecule has 1 amide bonds. The second-order valence-electron chi connectivity index (χ2n) is 6.70. The quantitative estimate of drug-likeness (QED) is 0.822. The zero-order valence-corrected chi connectivity index (χ0v) is 14.5. The number of carbonyl (C=O) groups excluding carboxylic acids is 1. The summed E-state index contributed by atoms with van der Waals surface area (Å²) in [6.45, 7) is 2.65. The predicted octanol–water partition coefficient (Wildman–Crippen LogP) is 2.22. The van der Waals surface area contributed by atoms with E-state index >= 15 is 0 Å². The van der Waals surface area contributed by atoms with Crippen molar-refractivity contribution < 1.29 is 13.9 Å². The van der Waals surface area contributed by atoms with Gasteiger partial charge in [-0.15, -0.1) is 5.10 Å². The second kappa shape index (κ2) is 7.27. The number of amides is 1. The number of carbonyl (C=O) groups is 1. The van der Waals surface area contributed by atoms with E-state index in [2.05, 4.69) is 21.2 Å². The number of hydrogen-bond donors (Lipinski definition) is 0. The molecule has 0 unspecified atom stereocenters. The Labute approximate surface area is 151 Å². The van der Waals surface area contributed by atoms with E-state index in [-0.39, 0.29) is 18.3 Å². The molecule has 1 saturated carbocycles. The van der Waals surface area contributed by atoms with Crippen molar-refractivity contribution in [2.75, 3.05) is 37.7 Å². The van der Waals surface area contributed by atoms with Crippen LogP contribution >= 0.6 is 0 Å². The van der Waals surface area contributed by atoms with Crippen LogP contribution in [0.15, 0.2) is 36.4 Å². The second-order valence-corrected chi connectivity index (χ2v) is 6.70. The molecule has 0 radical (unpaired) electrons. The van der Waals surface area contributed by atoms with Gasteiger partial charge in [0.05, 0.1) is 5.69 Å². The first-order valence-electron chi connectivity index (χ1n) is 8.94. The van der Waals surface area contributed by atoms with E-state index in [1.807, 2.05) is 6.07 Å². The third kappa shape index (κ3) is 3.92. The van der Waals surface area contributed by atoms with Crippen LogP contribution in [0.3, 0.4) is 0 Å². The zero-order valence-electron chi connectivity index (χ0n) is 14.5. The molecule has 2 aromatic rings. The van der Waals surface area contributed by atoms with Crippen molar-refractivity contribution in [3.05, 3.63) is 47.9 Å². The Kier molecular flexibility index (Phi) is 4.69. The van der Waals surface area contributed by atoms with Crippen LogP contribution in [0.25, 0.3) is 0 Å². The molecule has 0 spiro atoms. The van der Waals surface area contributed by atoms with Crippen LogP contribution in [0, 0.1) is 5.82 Å². The van der Waals surface area contributed by atoms with Gasteiger partial charge < -0.3 is 14.5 Å². The first-order valence-corrected chi connectivity index (χ1v) is 8.94. The molecular formula is C19H21FN4O2. The summed E-state index contributed by atoms with van der Waals surface area (Å²) in [6, 6.07) is 9.75. The lowest BCUT2D eigenvalue weighted by atomic mass is 10.2. The molecule has 1 aliphatic heterocycles. The summed E-state index contributed by atoms with van der Waals surface area (Å²) in [4.78, 5) is 16.2. The van der Waals surface area contributed by atoms with Crippen molar-refractivity contribution in [2.45, 2.75) is 18.8 Å². The number of nitrogens with zero attached hydrogens (tertiary/aromatic N) is 4. The first kappa shape index (κ1) is 16.8. The van der Waals surface area contributed by atoms with Gasteiger partial charge in [-0.2, -0.15) is 5.10 Å². The number of halogens is 1. The molecule has 2 heterocycles. The molecule has 26 heavy (non-hydrogen) atoms. The van der Waals surface area contributed by atoms with Crippen LogP contribution < -0.4 is 9.64 Å². The van der Waals surface area contributed by atoms with E-state index in [1.54, 1.807) is 4.90 Å². The summed E-state index contributed by atoms with van der Waals surface area (Å²) in [6.07, 6.45) is 2.43. The Morgan fingerprint density at radius 2 is 1.77 bits per heavy atom. The lowest BCUT2D eigenvalue weighted by Crippen LogP contribution is -2.50. The van der Waals surface area contributed by atoms with Gasteiger partial charge in [0.2, 0.25) is 0 Å². The van der Waals surface area contributed by atoms with Crippen LogP contribution in [-0.4, -0.2) is 53.8 Å². The minimum atomic E-state index is -0.326. The van der Waals surface area contributed by atoms with Gasteiger partial charge in [-0.1, -0.05) is 0 Å². The van der Waals surface area contributed by atoms with Gasteiger partial charge in [0.25, 0.3) is 5.91 Å². The molecule has 2 fully saturated rings. The summed E-state index contributed by atoms with van der Waals surface area (Å²) in [5, 5.41) is 8.65. The standard InChI is InChI=1S/C19H21FN4O2/c20-15-3-5-16(6-4-15)26-13-19(25)24-11-9-23(10-12-24)18-8-7-17(21-22-18)14-1-2-14/h3-8,14H,1-2,9-13H2. The fourth-order valence-electron chi connectivity index (χ4n) is 3.05. The fourth-order valence-corrected chi connectivity index (χ4v) is 3.05. The van der Waals surface area contributed by atoms with Gasteiger partial charge in [-0.3, -0.25) is 4.79 Å². The Bertz CT molecular complexity index is 754. The van der Waals surface area contributed by atoms with E-state index in [0.29, 0.717) is 24.8 Å². The predicted molar refractivity (Wildman–Crippen MR) is 94.7 cm³/mol. The van der Waals surface area contributed by atoms with Gasteiger partial charge in [0.15, 0.2) is 12.4 Å². The molecule has 0 atom stereocenters. The van der Waals surface area contributed by atoms with Crippen LogP contribution in [0.4, 0.5) is 10.2 Å². The van der Waals surface area contributed by atoms with Crippen LogP contribution in [0.2, 0.25) is 0 Å². The van der Waals surface area contributed by atoms with Crippen molar-refractivity contribution in [1.82, 2.24) is 15.1 Å². The number of piperazine rings is 1. The molecule has 0 N–H and O–H groups in total. The summed E-state index contributed by atoms with van der Waals surface area (Å²) < 4.78 is 18.3. The van der Waals surface area contributed by atoms with Gasteiger partial charge in [0.1, 0.15) is 11.6 Å². The molecule has 2 aliphatic rings. The fraction of sp³-hybridized carbons (Fsp3) is 0.421. The normalized spacial score (nSPS) is 17.3. The van der Waals surface area contributed by atoms with E-state index < -0.39 is 0 Å². The molecule has 6 nitrogen and oxygen atoms in total. The van der Waals surface area contributed by atoms with Crippen LogP contribution in [0.5, 0.6) is 5.75 Å². The number of ether oxygens (including phenoxy) is 1. The summed E-state index contributed by atoms with van der Waals surface area (Å²) >= 11 is 0. The molecule has 7 heteroatoms. The molecule has 0 bridgehead atoms. The third-order valence-electron chi connectivity index (χ3n) is 4.80. The molecular weight excluding hydrogens is 335 g/mol. The van der Waals surface area contributed by atoms with Gasteiger partial charge in [0, 0.05) is 32.1 Å². The van der Waals surface area contributed by atoms with Gasteiger partial charge in [-0.25, -0.2) is 4.39 Å². The smallest absolute Gasteiger partial charge is 0.260 e. The van der Waals surface area contributed by atoms with E-state index in [4.69, 9.17) is 4.74 Å². The molecule has 1 saturated heterocycles. The Morgan fingerprint density at radius 3 is 2.38 bits per heavy atom. The molecule has 1 aromatic carbocycles. The molecule has 1 aliphatic carbocycles. The Morgan fingerprint density at radius 1 is 1.04 bits per heavy atom. The topological polar surface area (TPSA) is 58.6 Å². The van der Waals surface area contributed by atoms with Crippen LogP contribution in [0.1, 0.15) is 24.5 Å². The highest BCUT2D eigenvalue weighted by Gasteiger charge is 2.26. The molecule has 4 rings (SSSR count). The highest BCUT2D eigenvalue weighted by Crippen LogP contribution is 2.38. The summed E-state index contributed by atoms with van der Waals surface area (Å²) in [5.41, 5.74) is 1.08.